The number of hydrogen-bond acceptors (Lipinski definition) is 4. The van der Waals surface area contributed by atoms with Gasteiger partial charge in [0.05, 0.1) is 22.1 Å². The maximum Gasteiger partial charge on any atom is 0.260 e. The fourth-order valence-corrected chi connectivity index (χ4v) is 12.4. The lowest BCUT2D eigenvalue weighted by atomic mass is 9.80. The van der Waals surface area contributed by atoms with E-state index in [9.17, 15) is 9.59 Å². The molecule has 10 aromatic rings. The molecule has 0 saturated heterocycles. The van der Waals surface area contributed by atoms with Crippen LogP contribution in [0.15, 0.2) is 143 Å². The largest absolute Gasteiger partial charge is 0.281 e. The van der Waals surface area contributed by atoms with Crippen LogP contribution in [0.5, 0.6) is 0 Å². The third-order valence-corrected chi connectivity index (χ3v) is 14.7. The van der Waals surface area contributed by atoms with E-state index in [0.717, 1.165) is 111 Å². The van der Waals surface area contributed by atoms with Crippen molar-refractivity contribution in [1.82, 2.24) is 9.80 Å². The molecule has 2 amide bonds. The number of carbonyl (C=O) groups is 2. The number of amides is 2. The van der Waals surface area contributed by atoms with Gasteiger partial charge in [0.15, 0.2) is 12.3 Å². The molecule has 2 aliphatic carbocycles. The summed E-state index contributed by atoms with van der Waals surface area (Å²) in [6.07, 6.45) is 9.36. The molecule has 6 heteroatoms. The number of carbonyl (C=O) groups excluding carboxylic acids is 2. The SMILES string of the molecule is O=C1c2ccc3c4ccc5c6ccc7c8c(ccc(c9ccc(c%10ccc(c2c3%10)C2N=c3cccc%10c3=C(C=CC%10)N12)c4c59)c86)C1N=c2cccc3c2=C(C=CC3)N1C7=O. The van der Waals surface area contributed by atoms with Crippen molar-refractivity contribution < 1.29 is 9.59 Å². The Bertz CT molecular complexity index is 3860. The van der Waals surface area contributed by atoms with E-state index in [4.69, 9.17) is 9.98 Å². The van der Waals surface area contributed by atoms with Crippen molar-refractivity contribution in [3.63, 3.8) is 0 Å². The van der Waals surface area contributed by atoms with Crippen LogP contribution >= 0.6 is 0 Å². The molecule has 0 fully saturated rings. The molecule has 10 aromatic carbocycles. The summed E-state index contributed by atoms with van der Waals surface area (Å²) >= 11 is 0. The van der Waals surface area contributed by atoms with Gasteiger partial charge < -0.3 is 0 Å². The minimum absolute atomic E-state index is 0.0000154. The fourth-order valence-electron chi connectivity index (χ4n) is 12.4. The molecule has 0 aromatic heterocycles. The Morgan fingerprint density at radius 2 is 0.783 bits per heavy atom. The highest BCUT2D eigenvalue weighted by Gasteiger charge is 2.41. The van der Waals surface area contributed by atoms with Crippen LogP contribution < -0.4 is 21.2 Å². The second-order valence-corrected chi connectivity index (χ2v) is 17.3. The van der Waals surface area contributed by atoms with Crippen molar-refractivity contribution in [3.05, 3.63) is 188 Å². The van der Waals surface area contributed by atoms with Gasteiger partial charge in [0.1, 0.15) is 0 Å². The van der Waals surface area contributed by atoms with Crippen LogP contribution in [0.1, 0.15) is 55.3 Å². The quantitative estimate of drug-likeness (QED) is 0.115. The Hall–Kier alpha value is -7.70. The summed E-state index contributed by atoms with van der Waals surface area (Å²) in [4.78, 5) is 43.9. The number of rotatable bonds is 0. The predicted molar refractivity (Wildman–Crippen MR) is 236 cm³/mol. The Morgan fingerprint density at radius 1 is 0.417 bits per heavy atom. The van der Waals surface area contributed by atoms with Crippen LogP contribution in [-0.4, -0.2) is 21.6 Å². The average Bonchev–Trinajstić information content (AvgIpc) is 3.29. The Balaban J connectivity index is 0.972. The van der Waals surface area contributed by atoms with Gasteiger partial charge in [-0.1, -0.05) is 97.1 Å². The molecule has 0 radical (unpaired) electrons. The summed E-state index contributed by atoms with van der Waals surface area (Å²) in [5.41, 5.74) is 7.89. The third kappa shape index (κ3) is 3.24. The van der Waals surface area contributed by atoms with Gasteiger partial charge in [-0.3, -0.25) is 29.4 Å². The first kappa shape index (κ1) is 30.4. The van der Waals surface area contributed by atoms with Crippen molar-refractivity contribution in [2.45, 2.75) is 25.2 Å². The minimum Gasteiger partial charge on any atom is -0.281 e. The Labute approximate surface area is 339 Å². The monoisotopic (exact) mass is 764 g/mol. The van der Waals surface area contributed by atoms with Gasteiger partial charge >= 0.3 is 0 Å². The first-order chi connectivity index (χ1) is 29.6. The molecule has 6 nitrogen and oxygen atoms in total. The highest BCUT2D eigenvalue weighted by molar-refractivity contribution is 6.43. The summed E-state index contributed by atoms with van der Waals surface area (Å²) in [5.74, 6) is -0.0000309. The molecule has 2 atom stereocenters. The second-order valence-electron chi connectivity index (χ2n) is 17.3. The standard InChI is InChI=1S/C54H28N4O2/c59-53-37-23-19-33-29-15-16-30-34-20-24-38-50-36(52-56-40-10-2-6-26-8-4-12-42(44(26)40)58(52)54(38)60)22-18-32(48(34)50)28-14-13-27(45(29)46(28)30)31-17-21-35(49(37)47(31)33)51-55-39-9-1-5-25-7-3-11-41(43(25)39)57(51)53/h1-6,9-24,51-52H,7-8H2. The first-order valence-corrected chi connectivity index (χ1v) is 20.8. The number of benzene rings is 10. The van der Waals surface area contributed by atoms with E-state index in [1.54, 1.807) is 0 Å². The van der Waals surface area contributed by atoms with E-state index in [1.165, 1.54) is 43.4 Å². The molecule has 4 aliphatic heterocycles. The Morgan fingerprint density at radius 3 is 1.20 bits per heavy atom. The zero-order valence-corrected chi connectivity index (χ0v) is 31.9. The van der Waals surface area contributed by atoms with Gasteiger partial charge in [0.2, 0.25) is 0 Å². The molecule has 0 saturated carbocycles. The predicted octanol–water partition coefficient (Wildman–Crippen LogP) is 8.65. The number of hydrogen-bond donors (Lipinski definition) is 0. The maximum atomic E-state index is 14.7. The van der Waals surface area contributed by atoms with Crippen LogP contribution in [0.25, 0.3) is 86.8 Å². The van der Waals surface area contributed by atoms with E-state index in [1.807, 2.05) is 21.9 Å². The van der Waals surface area contributed by atoms with Crippen molar-refractivity contribution >= 4 is 98.6 Å². The van der Waals surface area contributed by atoms with Crippen molar-refractivity contribution in [2.75, 3.05) is 0 Å². The second kappa shape index (κ2) is 9.93. The lowest BCUT2D eigenvalue weighted by Crippen LogP contribution is -2.47. The summed E-state index contributed by atoms with van der Waals surface area (Å²) in [6, 6.07) is 39.2. The van der Waals surface area contributed by atoms with E-state index in [2.05, 4.69) is 121 Å². The maximum absolute atomic E-state index is 14.7. The average molecular weight is 765 g/mol. The van der Waals surface area contributed by atoms with Gasteiger partial charge in [0.25, 0.3) is 11.8 Å². The van der Waals surface area contributed by atoms with Gasteiger partial charge in [-0.15, -0.1) is 0 Å². The van der Waals surface area contributed by atoms with Crippen molar-refractivity contribution in [3.8, 4) is 0 Å². The number of nitrogens with zero attached hydrogens (tertiary/aromatic N) is 4. The molecule has 0 spiro atoms. The zero-order valence-electron chi connectivity index (χ0n) is 31.9. The molecule has 2 unspecified atom stereocenters. The molecule has 60 heavy (non-hydrogen) atoms. The van der Waals surface area contributed by atoms with E-state index in [0.29, 0.717) is 0 Å². The summed E-state index contributed by atoms with van der Waals surface area (Å²) in [7, 11) is 0. The van der Waals surface area contributed by atoms with E-state index in [-0.39, 0.29) is 11.8 Å². The lowest BCUT2D eigenvalue weighted by Gasteiger charge is -2.38. The smallest absolute Gasteiger partial charge is 0.260 e. The van der Waals surface area contributed by atoms with E-state index >= 15 is 0 Å². The van der Waals surface area contributed by atoms with Crippen molar-refractivity contribution in [2.24, 2.45) is 9.98 Å². The minimum atomic E-state index is -0.435. The first-order valence-electron chi connectivity index (χ1n) is 20.8. The topological polar surface area (TPSA) is 65.3 Å². The summed E-state index contributed by atoms with van der Waals surface area (Å²) < 4.78 is 0. The molecule has 0 bridgehead atoms. The summed E-state index contributed by atoms with van der Waals surface area (Å²) in [5, 5.41) is 20.1. The summed E-state index contributed by atoms with van der Waals surface area (Å²) in [6.45, 7) is 0. The van der Waals surface area contributed by atoms with Gasteiger partial charge in [-0.2, -0.15) is 0 Å². The van der Waals surface area contributed by atoms with Crippen molar-refractivity contribution in [1.29, 1.82) is 0 Å². The third-order valence-electron chi connectivity index (χ3n) is 14.7. The lowest BCUT2D eigenvalue weighted by molar-refractivity contribution is 0.0769. The molecule has 4 heterocycles. The van der Waals surface area contributed by atoms with Crippen LogP contribution in [0.4, 0.5) is 0 Å². The van der Waals surface area contributed by atoms with Crippen LogP contribution in [0.3, 0.4) is 0 Å². The normalized spacial score (nSPS) is 19.3. The van der Waals surface area contributed by atoms with Gasteiger partial charge in [-0.05, 0) is 125 Å². The van der Waals surface area contributed by atoms with Crippen LogP contribution in [-0.2, 0) is 12.8 Å². The zero-order chi connectivity index (χ0) is 38.9. The van der Waals surface area contributed by atoms with Gasteiger partial charge in [-0.25, -0.2) is 0 Å². The number of fused-ring (bicyclic) bond motifs is 10. The van der Waals surface area contributed by atoms with Gasteiger partial charge in [0, 0.05) is 43.5 Å². The number of allylic oxidation sites excluding steroid dienone is 2. The van der Waals surface area contributed by atoms with Crippen LogP contribution in [0.2, 0.25) is 0 Å². The molecular weight excluding hydrogens is 737 g/mol. The molecule has 276 valence electrons. The highest BCUT2D eigenvalue weighted by Crippen LogP contribution is 2.52. The fraction of sp³-hybridized carbons (Fsp3) is 0.0741. The van der Waals surface area contributed by atoms with Crippen LogP contribution in [0, 0.1) is 0 Å². The molecule has 16 rings (SSSR count). The molecule has 0 N–H and O–H groups in total. The molecular formula is C54H28N4O2. The highest BCUT2D eigenvalue weighted by atomic mass is 16.2. The molecule has 6 aliphatic rings. The van der Waals surface area contributed by atoms with E-state index < -0.39 is 12.3 Å². The Kier molecular flexibility index (Phi) is 5.03.